The summed E-state index contributed by atoms with van der Waals surface area (Å²) in [6.07, 6.45) is 8.37. The highest BCUT2D eigenvalue weighted by Crippen LogP contribution is 2.25. The molecule has 1 rings (SSSR count). The molecule has 84 valence electrons. The van der Waals surface area contributed by atoms with E-state index in [2.05, 4.69) is 25.8 Å². The molecule has 0 atom stereocenters. The molecule has 0 radical (unpaired) electrons. The highest BCUT2D eigenvalue weighted by molar-refractivity contribution is 4.85. The van der Waals surface area contributed by atoms with Gasteiger partial charge in [0, 0.05) is 18.1 Å². The van der Waals surface area contributed by atoms with Gasteiger partial charge in [-0.25, -0.2) is 0 Å². The summed E-state index contributed by atoms with van der Waals surface area (Å²) in [5.41, 5.74) is 5.97. The Morgan fingerprint density at radius 2 is 1.64 bits per heavy atom. The van der Waals surface area contributed by atoms with Gasteiger partial charge >= 0.3 is 0 Å². The first-order valence-corrected chi connectivity index (χ1v) is 6.01. The highest BCUT2D eigenvalue weighted by Gasteiger charge is 2.28. The van der Waals surface area contributed by atoms with E-state index < -0.39 is 0 Å². The van der Waals surface area contributed by atoms with E-state index in [0.29, 0.717) is 0 Å². The molecule has 0 aromatic carbocycles. The van der Waals surface area contributed by atoms with Gasteiger partial charge in [0.05, 0.1) is 0 Å². The average molecular weight is 198 g/mol. The number of hydrogen-bond donors (Lipinski definition) is 1. The van der Waals surface area contributed by atoms with Crippen molar-refractivity contribution in [3.63, 3.8) is 0 Å². The van der Waals surface area contributed by atoms with Crippen molar-refractivity contribution in [1.82, 2.24) is 4.90 Å². The van der Waals surface area contributed by atoms with E-state index in [1.165, 1.54) is 38.5 Å². The van der Waals surface area contributed by atoms with E-state index >= 15 is 0 Å². The molecular formula is C12H26N2. The number of nitrogens with zero attached hydrogens (tertiary/aromatic N) is 1. The normalized spacial score (nSPS) is 21.2. The van der Waals surface area contributed by atoms with E-state index in [0.717, 1.165) is 12.6 Å². The van der Waals surface area contributed by atoms with Gasteiger partial charge in [0.25, 0.3) is 0 Å². The van der Waals surface area contributed by atoms with Crippen LogP contribution in [0, 0.1) is 0 Å². The van der Waals surface area contributed by atoms with Crippen LogP contribution in [0.15, 0.2) is 0 Å². The van der Waals surface area contributed by atoms with Gasteiger partial charge in [-0.2, -0.15) is 0 Å². The van der Waals surface area contributed by atoms with Crippen LogP contribution in [0.4, 0.5) is 0 Å². The van der Waals surface area contributed by atoms with Gasteiger partial charge in [0.15, 0.2) is 0 Å². The number of likely N-dealkylation sites (N-methyl/N-ethyl adjacent to an activating group) is 1. The second kappa shape index (κ2) is 5.13. The van der Waals surface area contributed by atoms with Gasteiger partial charge in [-0.05, 0) is 33.7 Å². The molecule has 2 N–H and O–H groups in total. The maximum Gasteiger partial charge on any atom is 0.0275 e. The van der Waals surface area contributed by atoms with E-state index in [4.69, 9.17) is 5.73 Å². The van der Waals surface area contributed by atoms with Gasteiger partial charge in [-0.1, -0.05) is 25.7 Å². The highest BCUT2D eigenvalue weighted by atomic mass is 15.2. The Balaban J connectivity index is 2.53. The molecular weight excluding hydrogens is 172 g/mol. The van der Waals surface area contributed by atoms with Crippen molar-refractivity contribution in [2.45, 2.75) is 64.0 Å². The summed E-state index contributed by atoms with van der Waals surface area (Å²) in [7, 11) is 2.24. The molecule has 0 aromatic heterocycles. The Labute approximate surface area is 88.8 Å². The maximum absolute atomic E-state index is 5.81. The molecule has 1 aliphatic carbocycles. The molecule has 0 amide bonds. The fraction of sp³-hybridized carbons (Fsp3) is 1.00. The van der Waals surface area contributed by atoms with Crippen LogP contribution in [0.2, 0.25) is 0 Å². The Morgan fingerprint density at radius 1 is 1.14 bits per heavy atom. The second-order valence-electron chi connectivity index (χ2n) is 5.27. The van der Waals surface area contributed by atoms with Gasteiger partial charge in [-0.15, -0.1) is 0 Å². The molecule has 0 aliphatic heterocycles. The summed E-state index contributed by atoms with van der Waals surface area (Å²) >= 11 is 0. The minimum absolute atomic E-state index is 0.162. The van der Waals surface area contributed by atoms with Crippen molar-refractivity contribution in [1.29, 1.82) is 0 Å². The maximum atomic E-state index is 5.81. The molecule has 1 saturated carbocycles. The zero-order chi connectivity index (χ0) is 10.6. The van der Waals surface area contributed by atoms with Crippen molar-refractivity contribution in [3.05, 3.63) is 0 Å². The summed E-state index contributed by atoms with van der Waals surface area (Å²) in [6.45, 7) is 5.25. The van der Waals surface area contributed by atoms with Gasteiger partial charge < -0.3 is 5.73 Å². The molecule has 0 saturated heterocycles. The lowest BCUT2D eigenvalue weighted by atomic mass is 9.98. The van der Waals surface area contributed by atoms with Crippen LogP contribution in [-0.4, -0.2) is 30.1 Å². The SMILES string of the molecule is CN(C1CCCCCC1)C(C)(C)CN. The van der Waals surface area contributed by atoms with Crippen molar-refractivity contribution >= 4 is 0 Å². The third kappa shape index (κ3) is 2.96. The summed E-state index contributed by atoms with van der Waals surface area (Å²) in [4.78, 5) is 2.50. The molecule has 1 fully saturated rings. The molecule has 1 aliphatic rings. The minimum atomic E-state index is 0.162. The fourth-order valence-electron chi connectivity index (χ4n) is 2.28. The predicted octanol–water partition coefficient (Wildman–Crippen LogP) is 2.38. The van der Waals surface area contributed by atoms with Gasteiger partial charge in [-0.3, -0.25) is 4.90 Å². The summed E-state index contributed by atoms with van der Waals surface area (Å²) in [6, 6.07) is 0.760. The van der Waals surface area contributed by atoms with E-state index in [1.807, 2.05) is 0 Å². The lowest BCUT2D eigenvalue weighted by molar-refractivity contribution is 0.0975. The lowest BCUT2D eigenvalue weighted by Gasteiger charge is -2.40. The third-order valence-electron chi connectivity index (χ3n) is 3.83. The monoisotopic (exact) mass is 198 g/mol. The number of nitrogens with two attached hydrogens (primary N) is 1. The van der Waals surface area contributed by atoms with Crippen LogP contribution < -0.4 is 5.73 Å². The van der Waals surface area contributed by atoms with Crippen molar-refractivity contribution in [2.24, 2.45) is 5.73 Å². The fourth-order valence-corrected chi connectivity index (χ4v) is 2.28. The van der Waals surface area contributed by atoms with Crippen LogP contribution in [0.5, 0.6) is 0 Å². The second-order valence-corrected chi connectivity index (χ2v) is 5.27. The van der Waals surface area contributed by atoms with Crippen molar-refractivity contribution in [3.8, 4) is 0 Å². The van der Waals surface area contributed by atoms with Crippen molar-refractivity contribution < 1.29 is 0 Å². The molecule has 0 spiro atoms. The molecule has 14 heavy (non-hydrogen) atoms. The zero-order valence-corrected chi connectivity index (χ0v) is 10.1. The Morgan fingerprint density at radius 3 is 2.07 bits per heavy atom. The molecule has 2 nitrogen and oxygen atoms in total. The van der Waals surface area contributed by atoms with Crippen LogP contribution in [0.3, 0.4) is 0 Å². The van der Waals surface area contributed by atoms with Crippen LogP contribution in [0.1, 0.15) is 52.4 Å². The number of hydrogen-bond acceptors (Lipinski definition) is 2. The van der Waals surface area contributed by atoms with Crippen LogP contribution in [0.25, 0.3) is 0 Å². The first-order chi connectivity index (χ1) is 6.58. The summed E-state index contributed by atoms with van der Waals surface area (Å²) in [5, 5.41) is 0. The van der Waals surface area contributed by atoms with E-state index in [-0.39, 0.29) is 5.54 Å². The zero-order valence-electron chi connectivity index (χ0n) is 10.1. The topological polar surface area (TPSA) is 29.3 Å². The lowest BCUT2D eigenvalue weighted by Crippen LogP contribution is -2.51. The smallest absolute Gasteiger partial charge is 0.0275 e. The molecule has 0 heterocycles. The number of rotatable bonds is 3. The van der Waals surface area contributed by atoms with Gasteiger partial charge in [0.1, 0.15) is 0 Å². The summed E-state index contributed by atoms with van der Waals surface area (Å²) < 4.78 is 0. The van der Waals surface area contributed by atoms with Crippen LogP contribution in [-0.2, 0) is 0 Å². The van der Waals surface area contributed by atoms with E-state index in [9.17, 15) is 0 Å². The summed E-state index contributed by atoms with van der Waals surface area (Å²) in [5.74, 6) is 0. The van der Waals surface area contributed by atoms with Crippen LogP contribution >= 0.6 is 0 Å². The third-order valence-corrected chi connectivity index (χ3v) is 3.83. The standard InChI is InChI=1S/C12H26N2/c1-12(2,10-13)14(3)11-8-6-4-5-7-9-11/h11H,4-10,13H2,1-3H3. The first-order valence-electron chi connectivity index (χ1n) is 6.01. The molecule has 2 heteroatoms. The predicted molar refractivity (Wildman–Crippen MR) is 62.4 cm³/mol. The molecule has 0 bridgehead atoms. The quantitative estimate of drug-likeness (QED) is 0.706. The Kier molecular flexibility index (Phi) is 4.39. The minimum Gasteiger partial charge on any atom is -0.329 e. The van der Waals surface area contributed by atoms with Crippen molar-refractivity contribution in [2.75, 3.05) is 13.6 Å². The largest absolute Gasteiger partial charge is 0.329 e. The molecule has 0 aromatic rings. The average Bonchev–Trinajstić information content (AvgIpc) is 2.44. The van der Waals surface area contributed by atoms with Gasteiger partial charge in [0.2, 0.25) is 0 Å². The molecule has 0 unspecified atom stereocenters. The Hall–Kier alpha value is -0.0800. The Bertz CT molecular complexity index is 158. The first kappa shape index (κ1) is 12.0. The van der Waals surface area contributed by atoms with E-state index in [1.54, 1.807) is 0 Å².